The average Bonchev–Trinajstić information content (AvgIpc) is 2.85. The fourth-order valence-corrected chi connectivity index (χ4v) is 1.56. The molecule has 1 unspecified atom stereocenters. The Morgan fingerprint density at radius 2 is 2.28 bits per heavy atom. The van der Waals surface area contributed by atoms with Crippen LogP contribution in [0, 0.1) is 6.92 Å². The van der Waals surface area contributed by atoms with Gasteiger partial charge in [-0.2, -0.15) is 5.21 Å². The van der Waals surface area contributed by atoms with Gasteiger partial charge in [-0.15, -0.1) is 10.2 Å². The normalized spacial score (nSPS) is 12.1. The molecule has 4 N–H and O–H groups in total. The van der Waals surface area contributed by atoms with Gasteiger partial charge in [0.25, 0.3) is 5.91 Å². The van der Waals surface area contributed by atoms with E-state index < -0.39 is 0 Å². The Bertz CT molecular complexity index is 551. The number of benzene rings is 1. The molecule has 0 fully saturated rings. The van der Waals surface area contributed by atoms with Crippen LogP contribution in [0.25, 0.3) is 0 Å². The lowest BCUT2D eigenvalue weighted by atomic mass is 10.1. The van der Waals surface area contributed by atoms with Crippen LogP contribution in [0.5, 0.6) is 0 Å². The summed E-state index contributed by atoms with van der Waals surface area (Å²) >= 11 is 0. The van der Waals surface area contributed by atoms with Crippen molar-refractivity contribution < 1.29 is 4.79 Å². The topological polar surface area (TPSA) is 110 Å². The number of anilines is 1. The van der Waals surface area contributed by atoms with E-state index in [0.717, 1.165) is 5.56 Å². The van der Waals surface area contributed by atoms with E-state index in [2.05, 4.69) is 25.9 Å². The van der Waals surface area contributed by atoms with Crippen LogP contribution < -0.4 is 11.1 Å². The number of nitrogens with one attached hydrogen (secondary N) is 2. The predicted molar refractivity (Wildman–Crippen MR) is 65.7 cm³/mol. The van der Waals surface area contributed by atoms with E-state index >= 15 is 0 Å². The number of aromatic amines is 1. The van der Waals surface area contributed by atoms with Crippen molar-refractivity contribution in [3.05, 3.63) is 35.2 Å². The van der Waals surface area contributed by atoms with E-state index in [1.807, 2.05) is 13.0 Å². The molecule has 1 atom stereocenters. The highest BCUT2D eigenvalue weighted by molar-refractivity contribution is 5.99. The minimum atomic E-state index is -0.337. The second-order valence-electron chi connectivity index (χ2n) is 4.06. The Morgan fingerprint density at radius 1 is 1.50 bits per heavy atom. The highest BCUT2D eigenvalue weighted by Crippen LogP contribution is 2.15. The molecule has 2 aromatic rings. The number of H-pyrrole nitrogens is 1. The molecule has 1 aromatic carbocycles. The predicted octanol–water partition coefficient (Wildman–Crippen LogP) is 0.581. The smallest absolute Gasteiger partial charge is 0.253 e. The number of carbonyl (C=O) groups excluding carboxylic acids is 1. The summed E-state index contributed by atoms with van der Waals surface area (Å²) in [6, 6.07) is 4.97. The summed E-state index contributed by atoms with van der Waals surface area (Å²) in [5.41, 5.74) is 7.64. The SMILES string of the molecule is Cc1ccc(N)c(C(=O)NC(C)c2nn[nH]n2)c1. The highest BCUT2D eigenvalue weighted by atomic mass is 16.1. The fourth-order valence-electron chi connectivity index (χ4n) is 1.56. The molecule has 94 valence electrons. The molecule has 0 bridgehead atoms. The quantitative estimate of drug-likeness (QED) is 0.686. The molecule has 0 saturated heterocycles. The molecule has 0 saturated carbocycles. The first-order valence-electron chi connectivity index (χ1n) is 5.48. The van der Waals surface area contributed by atoms with Crippen molar-refractivity contribution in [3.8, 4) is 0 Å². The number of hydrogen-bond donors (Lipinski definition) is 3. The fraction of sp³-hybridized carbons (Fsp3) is 0.273. The molecule has 1 aromatic heterocycles. The summed E-state index contributed by atoms with van der Waals surface area (Å²) in [7, 11) is 0. The monoisotopic (exact) mass is 246 g/mol. The van der Waals surface area contributed by atoms with Gasteiger partial charge in [0.15, 0.2) is 5.82 Å². The van der Waals surface area contributed by atoms with Gasteiger partial charge in [0, 0.05) is 5.69 Å². The van der Waals surface area contributed by atoms with Gasteiger partial charge in [-0.1, -0.05) is 16.8 Å². The van der Waals surface area contributed by atoms with Crippen LogP contribution in [0.2, 0.25) is 0 Å². The van der Waals surface area contributed by atoms with Crippen molar-refractivity contribution in [1.29, 1.82) is 0 Å². The zero-order valence-electron chi connectivity index (χ0n) is 10.1. The Hall–Kier alpha value is -2.44. The van der Waals surface area contributed by atoms with Gasteiger partial charge < -0.3 is 11.1 Å². The van der Waals surface area contributed by atoms with Crippen molar-refractivity contribution in [2.24, 2.45) is 0 Å². The number of hydrogen-bond acceptors (Lipinski definition) is 5. The maximum absolute atomic E-state index is 12.0. The van der Waals surface area contributed by atoms with Crippen LogP contribution in [-0.4, -0.2) is 26.5 Å². The van der Waals surface area contributed by atoms with Gasteiger partial charge in [0.05, 0.1) is 11.6 Å². The lowest BCUT2D eigenvalue weighted by molar-refractivity contribution is 0.0939. The summed E-state index contributed by atoms with van der Waals surface area (Å²) in [6.45, 7) is 3.67. The molecule has 0 aliphatic carbocycles. The number of carbonyl (C=O) groups is 1. The number of rotatable bonds is 3. The number of tetrazole rings is 1. The van der Waals surface area contributed by atoms with E-state index in [1.54, 1.807) is 19.1 Å². The zero-order chi connectivity index (χ0) is 13.1. The number of amides is 1. The number of aryl methyl sites for hydroxylation is 1. The second-order valence-corrected chi connectivity index (χ2v) is 4.06. The molecule has 0 aliphatic rings. The van der Waals surface area contributed by atoms with Crippen LogP contribution in [0.15, 0.2) is 18.2 Å². The Morgan fingerprint density at radius 3 is 2.94 bits per heavy atom. The molecule has 1 amide bonds. The summed E-state index contributed by atoms with van der Waals surface area (Å²) in [5, 5.41) is 16.2. The minimum absolute atomic E-state index is 0.256. The Balaban J connectivity index is 2.15. The summed E-state index contributed by atoms with van der Waals surface area (Å²) < 4.78 is 0. The maximum atomic E-state index is 12.0. The first-order valence-corrected chi connectivity index (χ1v) is 5.48. The summed E-state index contributed by atoms with van der Waals surface area (Å²) in [5.74, 6) is 0.170. The van der Waals surface area contributed by atoms with Crippen LogP contribution >= 0.6 is 0 Å². The number of nitrogens with zero attached hydrogens (tertiary/aromatic N) is 3. The molecule has 1 heterocycles. The third kappa shape index (κ3) is 2.45. The molecule has 2 rings (SSSR count). The van der Waals surface area contributed by atoms with Crippen molar-refractivity contribution in [3.63, 3.8) is 0 Å². The Kier molecular flexibility index (Phi) is 3.22. The van der Waals surface area contributed by atoms with E-state index in [-0.39, 0.29) is 11.9 Å². The van der Waals surface area contributed by atoms with Crippen molar-refractivity contribution in [2.45, 2.75) is 19.9 Å². The first kappa shape index (κ1) is 12.0. The lowest BCUT2D eigenvalue weighted by Gasteiger charge is -2.11. The summed E-state index contributed by atoms with van der Waals surface area (Å²) in [4.78, 5) is 12.0. The number of nitrogens with two attached hydrogens (primary N) is 1. The van der Waals surface area contributed by atoms with Crippen LogP contribution in [0.4, 0.5) is 5.69 Å². The lowest BCUT2D eigenvalue weighted by Crippen LogP contribution is -2.28. The molecule has 7 nitrogen and oxygen atoms in total. The van der Waals surface area contributed by atoms with E-state index in [4.69, 9.17) is 5.73 Å². The Labute approximate surface area is 104 Å². The largest absolute Gasteiger partial charge is 0.398 e. The molecular formula is C11H14N6O. The van der Waals surface area contributed by atoms with Gasteiger partial charge in [0.2, 0.25) is 0 Å². The minimum Gasteiger partial charge on any atom is -0.398 e. The number of aromatic nitrogens is 4. The first-order chi connectivity index (χ1) is 8.58. The third-order valence-electron chi connectivity index (χ3n) is 2.55. The average molecular weight is 246 g/mol. The van der Waals surface area contributed by atoms with Crippen LogP contribution in [0.1, 0.15) is 34.7 Å². The van der Waals surface area contributed by atoms with E-state index in [1.165, 1.54) is 0 Å². The van der Waals surface area contributed by atoms with Gasteiger partial charge in [-0.25, -0.2) is 0 Å². The van der Waals surface area contributed by atoms with Crippen molar-refractivity contribution in [1.82, 2.24) is 25.9 Å². The van der Waals surface area contributed by atoms with Crippen molar-refractivity contribution in [2.75, 3.05) is 5.73 Å². The van der Waals surface area contributed by atoms with Gasteiger partial charge in [-0.05, 0) is 26.0 Å². The second kappa shape index (κ2) is 4.82. The van der Waals surface area contributed by atoms with Gasteiger partial charge in [0.1, 0.15) is 0 Å². The molecule has 0 aliphatic heterocycles. The van der Waals surface area contributed by atoms with Crippen LogP contribution in [-0.2, 0) is 0 Å². The zero-order valence-corrected chi connectivity index (χ0v) is 10.1. The number of nitrogen functional groups attached to an aromatic ring is 1. The van der Waals surface area contributed by atoms with Crippen LogP contribution in [0.3, 0.4) is 0 Å². The standard InChI is InChI=1S/C11H14N6O/c1-6-3-4-9(12)8(5-6)11(18)13-7(2)10-14-16-17-15-10/h3-5,7H,12H2,1-2H3,(H,13,18)(H,14,15,16,17). The summed E-state index contributed by atoms with van der Waals surface area (Å²) in [6.07, 6.45) is 0. The molecule has 18 heavy (non-hydrogen) atoms. The van der Waals surface area contributed by atoms with E-state index in [0.29, 0.717) is 17.1 Å². The highest BCUT2D eigenvalue weighted by Gasteiger charge is 2.16. The molecule has 7 heteroatoms. The van der Waals surface area contributed by atoms with Gasteiger partial charge in [-0.3, -0.25) is 4.79 Å². The molecule has 0 radical (unpaired) electrons. The third-order valence-corrected chi connectivity index (χ3v) is 2.55. The van der Waals surface area contributed by atoms with Crippen molar-refractivity contribution >= 4 is 11.6 Å². The van der Waals surface area contributed by atoms with Gasteiger partial charge >= 0.3 is 0 Å². The van der Waals surface area contributed by atoms with E-state index in [9.17, 15) is 4.79 Å². The molecular weight excluding hydrogens is 232 g/mol. The molecule has 0 spiro atoms. The maximum Gasteiger partial charge on any atom is 0.253 e.